The number of halogens is 4. The Hall–Kier alpha value is -4.29. The largest absolute Gasteiger partial charge is 0.497 e. The number of ketones is 1. The zero-order valence-corrected chi connectivity index (χ0v) is 35.4. The fourth-order valence-corrected chi connectivity index (χ4v) is 10.1. The Kier molecular flexibility index (Phi) is 11.4. The molecule has 1 aromatic carbocycles. The van der Waals surface area contributed by atoms with Crippen molar-refractivity contribution in [2.75, 3.05) is 13.7 Å². The molecule has 2 bridgehead atoms. The van der Waals surface area contributed by atoms with Crippen LogP contribution in [0.4, 0.5) is 22.4 Å². The van der Waals surface area contributed by atoms with E-state index < -0.39 is 135 Å². The molecule has 0 radical (unpaired) electrons. The lowest BCUT2D eigenvalue weighted by atomic mass is 9.84. The van der Waals surface area contributed by atoms with Gasteiger partial charge in [0.15, 0.2) is 11.5 Å². The van der Waals surface area contributed by atoms with Crippen LogP contribution >= 0.6 is 0 Å². The second-order valence-corrected chi connectivity index (χ2v) is 20.8. The Morgan fingerprint density at radius 3 is 2.40 bits per heavy atom. The zero-order valence-electron chi connectivity index (χ0n) is 34.6. The summed E-state index contributed by atoms with van der Waals surface area (Å²) in [5.41, 5.74) is -3.52. The molecule has 2 aliphatic heterocycles. The number of carbonyl (C=O) groups excluding carboxylic acids is 4. The van der Waals surface area contributed by atoms with E-state index in [9.17, 15) is 36.4 Å². The Morgan fingerprint density at radius 1 is 1.07 bits per heavy atom. The Morgan fingerprint density at radius 2 is 1.78 bits per heavy atom. The van der Waals surface area contributed by atoms with Gasteiger partial charge in [0.05, 0.1) is 40.9 Å². The maximum absolute atomic E-state index is 16.4. The summed E-state index contributed by atoms with van der Waals surface area (Å²) in [5, 5.41) is 2.68. The molecule has 0 spiro atoms. The average molecular weight is 868 g/mol. The monoisotopic (exact) mass is 867 g/mol. The Balaban J connectivity index is 1.30. The molecule has 2 aromatic rings. The van der Waals surface area contributed by atoms with Crippen molar-refractivity contribution in [1.82, 2.24) is 24.9 Å². The van der Waals surface area contributed by atoms with Crippen molar-refractivity contribution < 1.29 is 59.4 Å². The van der Waals surface area contributed by atoms with E-state index in [0.717, 1.165) is 4.90 Å². The predicted octanol–water partition coefficient (Wildman–Crippen LogP) is 6.05. The number of amides is 3. The Labute approximate surface area is 346 Å². The lowest BCUT2D eigenvalue weighted by Crippen LogP contribution is -2.57. The standard InChI is InChI=1S/C41H53F4N5O9S/c1-7-23-29-20-50(30(23)27(51)19-40(18-24(40)33(42)43)36(53)49-60(55,56)39(5)14-15-39)35(52)32(38(2,3)4)48-37(54)59-28-16-21(28)10-8-9-13-41(44,45)31-34(58-29)47-26-17-22(57-6)11-12-25(26)46-31/h11-12,17,21,23-24,28-30,32-33H,7-10,13-16,18-20H2,1-6H3,(H,48,54)(H,49,53)/t21-,23-,24+,28-,29+,30+,32-,40-/m1/s1. The van der Waals surface area contributed by atoms with Crippen LogP contribution in [-0.2, 0) is 35.1 Å². The van der Waals surface area contributed by atoms with Gasteiger partial charge in [0.1, 0.15) is 24.0 Å². The normalized spacial score (nSPS) is 31.4. The summed E-state index contributed by atoms with van der Waals surface area (Å²) in [6.45, 7) is 7.76. The molecule has 0 unspecified atom stereocenters. The molecule has 4 fully saturated rings. The van der Waals surface area contributed by atoms with Gasteiger partial charge in [0.2, 0.25) is 34.1 Å². The molecule has 2 N–H and O–H groups in total. The third kappa shape index (κ3) is 8.35. The van der Waals surface area contributed by atoms with E-state index >= 15 is 8.78 Å². The third-order valence-electron chi connectivity index (χ3n) is 13.1. The average Bonchev–Trinajstić information content (AvgIpc) is 4.12. The van der Waals surface area contributed by atoms with Gasteiger partial charge >= 0.3 is 6.09 Å². The summed E-state index contributed by atoms with van der Waals surface area (Å²) >= 11 is 0. The molecule has 3 heterocycles. The highest BCUT2D eigenvalue weighted by molar-refractivity contribution is 7.91. The minimum Gasteiger partial charge on any atom is -0.497 e. The van der Waals surface area contributed by atoms with E-state index in [1.54, 1.807) is 33.8 Å². The van der Waals surface area contributed by atoms with Gasteiger partial charge in [-0.1, -0.05) is 34.1 Å². The van der Waals surface area contributed by atoms with Gasteiger partial charge in [-0.3, -0.25) is 19.1 Å². The number of hydrogen-bond donors (Lipinski definition) is 2. The molecule has 330 valence electrons. The summed E-state index contributed by atoms with van der Waals surface area (Å²) in [6.07, 6.45) is -5.40. The second-order valence-electron chi connectivity index (χ2n) is 18.6. The number of alkyl halides is 4. The SMILES string of the molecule is CC[C@@H]1[C@@H]2CN(C(=O)[C@H](C(C)(C)C)NC(=O)O[C@@H]3C[C@H]3CCCCC(F)(F)c3nc4ccc(OC)cc4nc3O2)[C@@H]1C(=O)C[C@]1(C(=O)NS(=O)(=O)C2(C)CC2)C[C@H]1C(F)F. The molecule has 7 rings (SSSR count). The zero-order chi connectivity index (χ0) is 43.7. The molecule has 5 aliphatic rings. The number of nitrogens with one attached hydrogen (secondary N) is 2. The molecule has 19 heteroatoms. The molecular weight excluding hydrogens is 815 g/mol. The first-order valence-corrected chi connectivity index (χ1v) is 22.1. The van der Waals surface area contributed by atoms with Gasteiger partial charge < -0.3 is 24.4 Å². The molecule has 3 aliphatic carbocycles. The van der Waals surface area contributed by atoms with E-state index in [0.29, 0.717) is 25.0 Å². The van der Waals surface area contributed by atoms with Gasteiger partial charge in [-0.05, 0) is 75.3 Å². The molecule has 1 saturated heterocycles. The number of fused-ring (bicyclic) bond motifs is 5. The molecule has 14 nitrogen and oxygen atoms in total. The topological polar surface area (TPSA) is 183 Å². The first-order valence-electron chi connectivity index (χ1n) is 20.6. The third-order valence-corrected chi connectivity index (χ3v) is 15.3. The number of methoxy groups -OCH3 is 1. The number of nitrogens with zero attached hydrogens (tertiary/aromatic N) is 3. The van der Waals surface area contributed by atoms with E-state index in [2.05, 4.69) is 15.3 Å². The van der Waals surface area contributed by atoms with E-state index in [-0.39, 0.29) is 42.6 Å². The smallest absolute Gasteiger partial charge is 0.408 e. The van der Waals surface area contributed by atoms with Crippen molar-refractivity contribution in [1.29, 1.82) is 0 Å². The fraction of sp³-hybridized carbons (Fsp3) is 0.707. The highest BCUT2D eigenvalue weighted by Gasteiger charge is 2.67. The van der Waals surface area contributed by atoms with Crippen LogP contribution in [0, 0.1) is 28.6 Å². The minimum atomic E-state index is -4.27. The van der Waals surface area contributed by atoms with Gasteiger partial charge in [0, 0.05) is 30.7 Å². The Bertz CT molecular complexity index is 2170. The second kappa shape index (κ2) is 15.6. The molecular formula is C41H53F4N5O9S. The number of hydrogen-bond acceptors (Lipinski definition) is 11. The van der Waals surface area contributed by atoms with Crippen LogP contribution in [0.2, 0.25) is 0 Å². The molecule has 3 saturated carbocycles. The van der Waals surface area contributed by atoms with Crippen LogP contribution in [0.5, 0.6) is 11.6 Å². The van der Waals surface area contributed by atoms with Crippen molar-refractivity contribution in [2.45, 2.75) is 140 Å². The van der Waals surface area contributed by atoms with E-state index in [1.807, 2.05) is 4.72 Å². The predicted molar refractivity (Wildman–Crippen MR) is 208 cm³/mol. The van der Waals surface area contributed by atoms with Gasteiger partial charge in [-0.15, -0.1) is 0 Å². The van der Waals surface area contributed by atoms with Crippen LogP contribution in [0.25, 0.3) is 11.0 Å². The quantitative estimate of drug-likeness (QED) is 0.280. The summed E-state index contributed by atoms with van der Waals surface area (Å²) in [6, 6.07) is 1.75. The number of sulfonamides is 1. The van der Waals surface area contributed by atoms with Gasteiger partial charge in [-0.25, -0.2) is 32.0 Å². The highest BCUT2D eigenvalue weighted by atomic mass is 32.2. The lowest BCUT2D eigenvalue weighted by molar-refractivity contribution is -0.143. The number of aromatic nitrogens is 2. The van der Waals surface area contributed by atoms with Crippen molar-refractivity contribution >= 4 is 44.7 Å². The highest BCUT2D eigenvalue weighted by Crippen LogP contribution is 2.59. The summed E-state index contributed by atoms with van der Waals surface area (Å²) in [5.74, 6) is -9.22. The number of alkyl carbamates (subject to hydrolysis) is 1. The van der Waals surface area contributed by atoms with Crippen LogP contribution < -0.4 is 19.5 Å². The number of benzene rings is 1. The lowest BCUT2D eigenvalue weighted by Gasteiger charge is -2.36. The van der Waals surface area contributed by atoms with Crippen LogP contribution in [0.1, 0.15) is 105 Å². The first kappa shape index (κ1) is 43.8. The summed E-state index contributed by atoms with van der Waals surface area (Å²) < 4.78 is 106. The van der Waals surface area contributed by atoms with Crippen molar-refractivity contribution in [3.05, 3.63) is 23.9 Å². The van der Waals surface area contributed by atoms with Crippen LogP contribution in [0.15, 0.2) is 18.2 Å². The molecule has 60 heavy (non-hydrogen) atoms. The summed E-state index contributed by atoms with van der Waals surface area (Å²) in [7, 11) is -2.85. The van der Waals surface area contributed by atoms with Crippen molar-refractivity contribution in [3.63, 3.8) is 0 Å². The first-order chi connectivity index (χ1) is 28.0. The van der Waals surface area contributed by atoms with Gasteiger partial charge in [-0.2, -0.15) is 8.78 Å². The molecule has 1 aromatic heterocycles. The van der Waals surface area contributed by atoms with Gasteiger partial charge in [0.25, 0.3) is 5.92 Å². The number of carbonyl (C=O) groups is 4. The maximum atomic E-state index is 16.4. The number of Topliss-reactive ketones (excluding diaryl/α,β-unsaturated/α-hetero) is 1. The number of ether oxygens (including phenoxy) is 3. The van der Waals surface area contributed by atoms with Crippen molar-refractivity contribution in [3.8, 4) is 11.6 Å². The number of rotatable bonds is 9. The van der Waals surface area contributed by atoms with E-state index in [4.69, 9.17) is 14.2 Å². The summed E-state index contributed by atoms with van der Waals surface area (Å²) in [4.78, 5) is 66.6. The van der Waals surface area contributed by atoms with Crippen LogP contribution in [-0.4, -0.2) is 96.1 Å². The maximum Gasteiger partial charge on any atom is 0.408 e. The van der Waals surface area contributed by atoms with E-state index in [1.165, 1.54) is 26.2 Å². The molecule has 3 amide bonds. The van der Waals surface area contributed by atoms with Crippen molar-refractivity contribution in [2.24, 2.45) is 28.6 Å². The van der Waals surface area contributed by atoms with Crippen LogP contribution in [0.3, 0.4) is 0 Å². The fourth-order valence-electron chi connectivity index (χ4n) is 8.80. The molecule has 8 atom stereocenters. The minimum absolute atomic E-state index is 0.0563.